The lowest BCUT2D eigenvalue weighted by Crippen LogP contribution is -2.25. The van der Waals surface area contributed by atoms with Gasteiger partial charge in [0.1, 0.15) is 5.82 Å². The second kappa shape index (κ2) is 8.06. The highest BCUT2D eigenvalue weighted by molar-refractivity contribution is 5.25. The van der Waals surface area contributed by atoms with Gasteiger partial charge in [0.05, 0.1) is 6.10 Å². The van der Waals surface area contributed by atoms with Crippen LogP contribution in [0.1, 0.15) is 36.1 Å². The molecule has 0 aliphatic rings. The van der Waals surface area contributed by atoms with Crippen LogP contribution in [0.5, 0.6) is 0 Å². The molecule has 0 bridgehead atoms. The van der Waals surface area contributed by atoms with E-state index in [2.05, 4.69) is 24.0 Å². The van der Waals surface area contributed by atoms with Crippen LogP contribution in [0.15, 0.2) is 48.5 Å². The quantitative estimate of drug-likeness (QED) is 0.833. The van der Waals surface area contributed by atoms with E-state index < -0.39 is 6.10 Å². The maximum Gasteiger partial charge on any atom is 0.126 e. The second-order valence-corrected chi connectivity index (χ2v) is 5.67. The van der Waals surface area contributed by atoms with Crippen molar-refractivity contribution in [3.63, 3.8) is 0 Å². The van der Waals surface area contributed by atoms with Gasteiger partial charge in [-0.15, -0.1) is 0 Å². The Kier molecular flexibility index (Phi) is 6.10. The average Bonchev–Trinajstić information content (AvgIpc) is 2.54. The van der Waals surface area contributed by atoms with E-state index in [0.717, 1.165) is 25.2 Å². The van der Waals surface area contributed by atoms with Crippen LogP contribution in [0.2, 0.25) is 0 Å². The van der Waals surface area contributed by atoms with Crippen molar-refractivity contribution in [3.8, 4) is 0 Å². The SMILES string of the molecule is CCN(CCC(O)c1ccc(F)c(C)c1)Cc1ccccc1. The maximum atomic E-state index is 13.3. The standard InChI is InChI=1S/C19H24FNO/c1-3-21(14-16-7-5-4-6-8-16)12-11-19(22)17-9-10-18(20)15(2)13-17/h4-10,13,19,22H,3,11-12,14H2,1-2H3. The van der Waals surface area contributed by atoms with E-state index in [9.17, 15) is 9.50 Å². The molecule has 0 aliphatic carbocycles. The minimum absolute atomic E-state index is 0.227. The Morgan fingerprint density at radius 2 is 1.86 bits per heavy atom. The zero-order valence-corrected chi connectivity index (χ0v) is 13.3. The number of rotatable bonds is 7. The molecule has 0 saturated carbocycles. The van der Waals surface area contributed by atoms with Crippen LogP contribution >= 0.6 is 0 Å². The molecule has 2 rings (SSSR count). The van der Waals surface area contributed by atoms with Gasteiger partial charge in [0.15, 0.2) is 0 Å². The van der Waals surface area contributed by atoms with E-state index >= 15 is 0 Å². The topological polar surface area (TPSA) is 23.5 Å². The number of benzene rings is 2. The number of hydrogen-bond acceptors (Lipinski definition) is 2. The van der Waals surface area contributed by atoms with Gasteiger partial charge in [-0.1, -0.05) is 49.4 Å². The van der Waals surface area contributed by atoms with Crippen LogP contribution in [0.4, 0.5) is 4.39 Å². The fourth-order valence-electron chi connectivity index (χ4n) is 2.54. The van der Waals surface area contributed by atoms with E-state index in [1.165, 1.54) is 11.6 Å². The molecule has 22 heavy (non-hydrogen) atoms. The molecule has 0 radical (unpaired) electrons. The van der Waals surface area contributed by atoms with Gasteiger partial charge in [-0.05, 0) is 42.6 Å². The monoisotopic (exact) mass is 301 g/mol. The van der Waals surface area contributed by atoms with Gasteiger partial charge in [0.25, 0.3) is 0 Å². The lowest BCUT2D eigenvalue weighted by atomic mass is 10.0. The minimum atomic E-state index is -0.552. The predicted molar refractivity (Wildman–Crippen MR) is 88.1 cm³/mol. The molecule has 2 aromatic carbocycles. The normalized spacial score (nSPS) is 12.6. The molecule has 0 spiro atoms. The summed E-state index contributed by atoms with van der Waals surface area (Å²) in [6, 6.07) is 15.1. The molecule has 0 saturated heterocycles. The van der Waals surface area contributed by atoms with Crippen LogP contribution in [-0.2, 0) is 6.54 Å². The Hall–Kier alpha value is -1.71. The number of nitrogens with zero attached hydrogens (tertiary/aromatic N) is 1. The van der Waals surface area contributed by atoms with E-state index in [-0.39, 0.29) is 5.82 Å². The van der Waals surface area contributed by atoms with Gasteiger partial charge < -0.3 is 5.11 Å². The van der Waals surface area contributed by atoms with Gasteiger partial charge in [-0.3, -0.25) is 4.90 Å². The van der Waals surface area contributed by atoms with Crippen molar-refractivity contribution in [3.05, 3.63) is 71.0 Å². The largest absolute Gasteiger partial charge is 0.388 e. The van der Waals surface area contributed by atoms with Crippen molar-refractivity contribution in [1.82, 2.24) is 4.90 Å². The molecule has 1 atom stereocenters. The number of aryl methyl sites for hydroxylation is 1. The van der Waals surface area contributed by atoms with Crippen molar-refractivity contribution in [2.45, 2.75) is 32.9 Å². The summed E-state index contributed by atoms with van der Waals surface area (Å²) in [5.74, 6) is -0.227. The first-order valence-corrected chi connectivity index (χ1v) is 7.80. The molecule has 0 aliphatic heterocycles. The van der Waals surface area contributed by atoms with Gasteiger partial charge in [-0.25, -0.2) is 4.39 Å². The number of hydrogen-bond donors (Lipinski definition) is 1. The third kappa shape index (κ3) is 4.65. The van der Waals surface area contributed by atoms with Gasteiger partial charge in [0, 0.05) is 13.1 Å². The Bertz CT molecular complexity index is 585. The molecule has 0 aromatic heterocycles. The summed E-state index contributed by atoms with van der Waals surface area (Å²) < 4.78 is 13.3. The highest BCUT2D eigenvalue weighted by Gasteiger charge is 2.12. The van der Waals surface area contributed by atoms with Gasteiger partial charge >= 0.3 is 0 Å². The van der Waals surface area contributed by atoms with E-state index in [4.69, 9.17) is 0 Å². The summed E-state index contributed by atoms with van der Waals surface area (Å²) in [7, 11) is 0. The summed E-state index contributed by atoms with van der Waals surface area (Å²) in [6.07, 6.45) is 0.0929. The predicted octanol–water partition coefficient (Wildman–Crippen LogP) is 4.08. The van der Waals surface area contributed by atoms with E-state index in [1.807, 2.05) is 18.2 Å². The Labute approximate surface area is 132 Å². The lowest BCUT2D eigenvalue weighted by molar-refractivity contribution is 0.141. The first kappa shape index (κ1) is 16.7. The molecule has 1 unspecified atom stereocenters. The smallest absolute Gasteiger partial charge is 0.126 e. The molecule has 0 heterocycles. The highest BCUT2D eigenvalue weighted by atomic mass is 19.1. The number of halogens is 1. The average molecular weight is 301 g/mol. The summed E-state index contributed by atoms with van der Waals surface area (Å²) in [5.41, 5.74) is 2.64. The van der Waals surface area contributed by atoms with Crippen LogP contribution in [0.25, 0.3) is 0 Å². The lowest BCUT2D eigenvalue weighted by Gasteiger charge is -2.22. The molecular weight excluding hydrogens is 277 g/mol. The summed E-state index contributed by atoms with van der Waals surface area (Å²) in [5, 5.41) is 10.3. The molecule has 3 heteroatoms. The maximum absolute atomic E-state index is 13.3. The van der Waals surface area contributed by atoms with Gasteiger partial charge in [0.2, 0.25) is 0 Å². The third-order valence-corrected chi connectivity index (χ3v) is 3.98. The van der Waals surface area contributed by atoms with Crippen molar-refractivity contribution in [2.24, 2.45) is 0 Å². The first-order chi connectivity index (χ1) is 10.6. The third-order valence-electron chi connectivity index (χ3n) is 3.98. The number of aliphatic hydroxyl groups excluding tert-OH is 1. The molecule has 118 valence electrons. The van der Waals surface area contributed by atoms with Crippen molar-refractivity contribution in [1.29, 1.82) is 0 Å². The summed E-state index contributed by atoms with van der Waals surface area (Å²) in [6.45, 7) is 6.47. The molecule has 1 N–H and O–H groups in total. The van der Waals surface area contributed by atoms with E-state index in [1.54, 1.807) is 19.1 Å². The van der Waals surface area contributed by atoms with Crippen LogP contribution < -0.4 is 0 Å². The Morgan fingerprint density at radius 1 is 1.14 bits per heavy atom. The van der Waals surface area contributed by atoms with Crippen molar-refractivity contribution < 1.29 is 9.50 Å². The first-order valence-electron chi connectivity index (χ1n) is 7.80. The Morgan fingerprint density at radius 3 is 2.50 bits per heavy atom. The summed E-state index contributed by atoms with van der Waals surface area (Å²) >= 11 is 0. The fraction of sp³-hybridized carbons (Fsp3) is 0.368. The Balaban J connectivity index is 1.90. The number of aliphatic hydroxyl groups is 1. The molecule has 0 amide bonds. The van der Waals surface area contributed by atoms with E-state index in [0.29, 0.717) is 12.0 Å². The minimum Gasteiger partial charge on any atom is -0.388 e. The molecule has 2 nitrogen and oxygen atoms in total. The van der Waals surface area contributed by atoms with Crippen LogP contribution in [0.3, 0.4) is 0 Å². The molecular formula is C19H24FNO. The highest BCUT2D eigenvalue weighted by Crippen LogP contribution is 2.20. The zero-order valence-electron chi connectivity index (χ0n) is 13.3. The van der Waals surface area contributed by atoms with Crippen molar-refractivity contribution in [2.75, 3.05) is 13.1 Å². The van der Waals surface area contributed by atoms with Crippen LogP contribution in [0, 0.1) is 12.7 Å². The summed E-state index contributed by atoms with van der Waals surface area (Å²) in [4.78, 5) is 2.30. The molecule has 2 aromatic rings. The second-order valence-electron chi connectivity index (χ2n) is 5.67. The zero-order chi connectivity index (χ0) is 15.9. The van der Waals surface area contributed by atoms with Gasteiger partial charge in [-0.2, -0.15) is 0 Å². The van der Waals surface area contributed by atoms with Crippen LogP contribution in [-0.4, -0.2) is 23.1 Å². The van der Waals surface area contributed by atoms with Crippen molar-refractivity contribution >= 4 is 0 Å². The fourth-order valence-corrected chi connectivity index (χ4v) is 2.54. The molecule has 0 fully saturated rings.